The number of rotatable bonds is 1. The predicted molar refractivity (Wildman–Crippen MR) is 56.4 cm³/mol. The Morgan fingerprint density at radius 1 is 1.14 bits per heavy atom. The normalized spacial score (nSPS) is 35.1. The molecule has 0 aliphatic carbocycles. The van der Waals surface area contributed by atoms with Crippen LogP contribution >= 0.6 is 0 Å². The van der Waals surface area contributed by atoms with Crippen molar-refractivity contribution in [1.29, 1.82) is 0 Å². The Balaban J connectivity index is 1.86. The molecule has 3 unspecified atom stereocenters. The van der Waals surface area contributed by atoms with Gasteiger partial charge < -0.3 is 4.74 Å². The fraction of sp³-hybridized carbons (Fsp3) is 0.538. The van der Waals surface area contributed by atoms with E-state index in [4.69, 9.17) is 4.74 Å². The number of hydrogen-bond acceptors (Lipinski definition) is 1. The van der Waals surface area contributed by atoms with Gasteiger partial charge in [0.2, 0.25) is 0 Å². The molecule has 2 heterocycles. The van der Waals surface area contributed by atoms with Gasteiger partial charge in [0.15, 0.2) is 0 Å². The van der Waals surface area contributed by atoms with Crippen molar-refractivity contribution in [2.75, 3.05) is 0 Å². The topological polar surface area (TPSA) is 9.23 Å². The van der Waals surface area contributed by atoms with Crippen LogP contribution in [0.3, 0.4) is 0 Å². The van der Waals surface area contributed by atoms with Gasteiger partial charge in [-0.15, -0.1) is 0 Å². The van der Waals surface area contributed by atoms with Crippen LogP contribution in [0.1, 0.15) is 36.3 Å². The van der Waals surface area contributed by atoms with E-state index in [-0.39, 0.29) is 0 Å². The van der Waals surface area contributed by atoms with Crippen LogP contribution in [0.4, 0.5) is 0 Å². The maximum atomic E-state index is 5.87. The van der Waals surface area contributed by atoms with Gasteiger partial charge in [-0.25, -0.2) is 0 Å². The highest BCUT2D eigenvalue weighted by molar-refractivity contribution is 5.27. The Bertz CT molecular complexity index is 328. The minimum absolute atomic E-state index is 0.516. The molecular weight excluding hydrogens is 172 g/mol. The first-order valence-corrected chi connectivity index (χ1v) is 5.55. The molecule has 0 N–H and O–H groups in total. The molecule has 2 aliphatic heterocycles. The smallest absolute Gasteiger partial charge is 0.0649 e. The Morgan fingerprint density at radius 2 is 1.93 bits per heavy atom. The van der Waals surface area contributed by atoms with Crippen LogP contribution < -0.4 is 0 Å². The van der Waals surface area contributed by atoms with E-state index in [9.17, 15) is 0 Å². The van der Waals surface area contributed by atoms with Crippen LogP contribution in [-0.2, 0) is 4.74 Å². The summed E-state index contributed by atoms with van der Waals surface area (Å²) in [4.78, 5) is 0. The fourth-order valence-corrected chi connectivity index (χ4v) is 2.80. The molecule has 0 saturated carbocycles. The summed E-state index contributed by atoms with van der Waals surface area (Å²) in [6, 6.07) is 8.96. The summed E-state index contributed by atoms with van der Waals surface area (Å²) in [5.74, 6) is 0.675. The summed E-state index contributed by atoms with van der Waals surface area (Å²) in [6.07, 6.45) is 4.87. The zero-order valence-corrected chi connectivity index (χ0v) is 8.57. The molecular formula is C13H16O. The minimum Gasteiger partial charge on any atom is -0.374 e. The van der Waals surface area contributed by atoms with Crippen molar-refractivity contribution in [2.45, 2.75) is 44.3 Å². The Morgan fingerprint density at radius 3 is 2.50 bits per heavy atom. The molecule has 2 fully saturated rings. The van der Waals surface area contributed by atoms with Gasteiger partial charge in [0.25, 0.3) is 0 Å². The Labute approximate surface area is 85.1 Å². The van der Waals surface area contributed by atoms with E-state index in [0.29, 0.717) is 18.1 Å². The molecule has 3 atom stereocenters. The third-order valence-electron chi connectivity index (χ3n) is 3.61. The van der Waals surface area contributed by atoms with Crippen molar-refractivity contribution in [3.05, 3.63) is 35.4 Å². The van der Waals surface area contributed by atoms with Crippen LogP contribution in [0.15, 0.2) is 24.3 Å². The fourth-order valence-electron chi connectivity index (χ4n) is 2.80. The maximum absolute atomic E-state index is 5.87. The number of fused-ring (bicyclic) bond motifs is 2. The first-order valence-electron chi connectivity index (χ1n) is 5.55. The zero-order chi connectivity index (χ0) is 9.54. The number of benzene rings is 1. The number of aryl methyl sites for hydroxylation is 1. The van der Waals surface area contributed by atoms with E-state index in [1.807, 2.05) is 0 Å². The minimum atomic E-state index is 0.516. The van der Waals surface area contributed by atoms with Gasteiger partial charge in [-0.1, -0.05) is 29.8 Å². The third kappa shape index (κ3) is 1.27. The molecule has 2 saturated heterocycles. The van der Waals surface area contributed by atoms with E-state index in [0.717, 1.165) is 0 Å². The van der Waals surface area contributed by atoms with Crippen molar-refractivity contribution >= 4 is 0 Å². The lowest BCUT2D eigenvalue weighted by Crippen LogP contribution is -2.14. The molecule has 1 aromatic carbocycles. The number of hydrogen-bond donors (Lipinski definition) is 0. The third-order valence-corrected chi connectivity index (χ3v) is 3.61. The summed E-state index contributed by atoms with van der Waals surface area (Å²) in [7, 11) is 0. The highest BCUT2D eigenvalue weighted by atomic mass is 16.5. The summed E-state index contributed by atoms with van der Waals surface area (Å²) in [6.45, 7) is 2.14. The molecule has 3 rings (SSSR count). The second-order valence-corrected chi connectivity index (χ2v) is 4.63. The zero-order valence-electron chi connectivity index (χ0n) is 8.57. The van der Waals surface area contributed by atoms with Crippen LogP contribution in [0.5, 0.6) is 0 Å². The van der Waals surface area contributed by atoms with E-state index in [2.05, 4.69) is 31.2 Å². The van der Waals surface area contributed by atoms with Gasteiger partial charge in [0.05, 0.1) is 12.2 Å². The highest BCUT2D eigenvalue weighted by Gasteiger charge is 2.41. The lowest BCUT2D eigenvalue weighted by Gasteiger charge is -2.18. The van der Waals surface area contributed by atoms with Gasteiger partial charge in [-0.2, -0.15) is 0 Å². The van der Waals surface area contributed by atoms with E-state index < -0.39 is 0 Å². The summed E-state index contributed by atoms with van der Waals surface area (Å²) in [5.41, 5.74) is 2.82. The standard InChI is InChI=1S/C13H16O/c1-9-2-4-10(5-3-9)12-8-11-6-7-13(12)14-11/h2-5,11-13H,6-8H2,1H3. The Kier molecular flexibility index (Phi) is 1.88. The molecule has 0 spiro atoms. The molecule has 0 amide bonds. The van der Waals surface area contributed by atoms with Gasteiger partial charge in [-0.3, -0.25) is 0 Å². The molecule has 2 aliphatic rings. The summed E-state index contributed by atoms with van der Waals surface area (Å²) < 4.78 is 5.87. The molecule has 0 radical (unpaired) electrons. The molecule has 14 heavy (non-hydrogen) atoms. The number of ether oxygens (including phenoxy) is 1. The van der Waals surface area contributed by atoms with Crippen LogP contribution in [-0.4, -0.2) is 12.2 Å². The lowest BCUT2D eigenvalue weighted by molar-refractivity contribution is 0.101. The van der Waals surface area contributed by atoms with E-state index in [1.165, 1.54) is 30.4 Å². The lowest BCUT2D eigenvalue weighted by atomic mass is 9.84. The quantitative estimate of drug-likeness (QED) is 0.658. The van der Waals surface area contributed by atoms with Gasteiger partial charge >= 0.3 is 0 Å². The van der Waals surface area contributed by atoms with Gasteiger partial charge in [0, 0.05) is 5.92 Å². The van der Waals surface area contributed by atoms with Crippen LogP contribution in [0.2, 0.25) is 0 Å². The van der Waals surface area contributed by atoms with Gasteiger partial charge in [0.1, 0.15) is 0 Å². The van der Waals surface area contributed by atoms with E-state index in [1.54, 1.807) is 0 Å². The Hall–Kier alpha value is -0.820. The molecule has 2 bridgehead atoms. The average Bonchev–Trinajstić information content (AvgIpc) is 2.80. The molecule has 74 valence electrons. The predicted octanol–water partition coefficient (Wildman–Crippen LogP) is 3.03. The molecule has 1 aromatic rings. The molecule has 0 aromatic heterocycles. The van der Waals surface area contributed by atoms with Crippen molar-refractivity contribution < 1.29 is 4.74 Å². The maximum Gasteiger partial charge on any atom is 0.0649 e. The second-order valence-electron chi connectivity index (χ2n) is 4.63. The average molecular weight is 188 g/mol. The first kappa shape index (κ1) is 8.49. The molecule has 1 nitrogen and oxygen atoms in total. The van der Waals surface area contributed by atoms with Crippen molar-refractivity contribution in [2.24, 2.45) is 0 Å². The first-order chi connectivity index (χ1) is 6.83. The summed E-state index contributed by atoms with van der Waals surface area (Å²) in [5, 5.41) is 0. The van der Waals surface area contributed by atoms with E-state index >= 15 is 0 Å². The monoisotopic (exact) mass is 188 g/mol. The molecule has 1 heteroatoms. The SMILES string of the molecule is Cc1ccc(C2CC3CCC2O3)cc1. The highest BCUT2D eigenvalue weighted by Crippen LogP contribution is 2.44. The van der Waals surface area contributed by atoms with Gasteiger partial charge in [-0.05, 0) is 31.7 Å². The van der Waals surface area contributed by atoms with Crippen LogP contribution in [0, 0.1) is 6.92 Å². The summed E-state index contributed by atoms with van der Waals surface area (Å²) >= 11 is 0. The van der Waals surface area contributed by atoms with Crippen molar-refractivity contribution in [3.63, 3.8) is 0 Å². The van der Waals surface area contributed by atoms with Crippen molar-refractivity contribution in [1.82, 2.24) is 0 Å². The second kappa shape index (κ2) is 3.09. The largest absolute Gasteiger partial charge is 0.374 e. The van der Waals surface area contributed by atoms with Crippen LogP contribution in [0.25, 0.3) is 0 Å². The van der Waals surface area contributed by atoms with Crippen molar-refractivity contribution in [3.8, 4) is 0 Å².